The molecule has 1 saturated heterocycles. The lowest BCUT2D eigenvalue weighted by Crippen LogP contribution is -2.63. The van der Waals surface area contributed by atoms with Crippen LogP contribution in [0.5, 0.6) is 0 Å². The lowest BCUT2D eigenvalue weighted by Gasteiger charge is -2.49. The van der Waals surface area contributed by atoms with E-state index in [-0.39, 0.29) is 12.0 Å². The molecule has 3 N–H and O–H groups in total. The molecule has 1 heterocycles. The molecule has 0 aliphatic carbocycles. The molecule has 1 aliphatic rings. The number of carbonyl (C=O) groups is 1. The molecule has 0 bridgehead atoms. The molecule has 0 saturated carbocycles. The molecule has 0 radical (unpaired) electrons. The van der Waals surface area contributed by atoms with E-state index in [1.165, 1.54) is 0 Å². The number of carboxylic acids is 1. The monoisotopic (exact) mass is 348 g/mol. The summed E-state index contributed by atoms with van der Waals surface area (Å²) in [7, 11) is 0. The van der Waals surface area contributed by atoms with Gasteiger partial charge < -0.3 is 29.5 Å². The first kappa shape index (κ1) is 21.3. The normalized spacial score (nSPS) is 31.9. The van der Waals surface area contributed by atoms with Gasteiger partial charge in [0.2, 0.25) is 0 Å². The van der Waals surface area contributed by atoms with Gasteiger partial charge in [0.1, 0.15) is 31.0 Å². The third-order valence-electron chi connectivity index (χ3n) is 4.36. The lowest BCUT2D eigenvalue weighted by molar-refractivity contribution is -0.280. The van der Waals surface area contributed by atoms with Gasteiger partial charge in [-0.15, -0.1) is 0 Å². The van der Waals surface area contributed by atoms with Gasteiger partial charge in [-0.05, 0) is 32.6 Å². The summed E-state index contributed by atoms with van der Waals surface area (Å²) in [6.07, 6.45) is -3.57. The number of aliphatic carboxylic acids is 1. The maximum absolute atomic E-state index is 10.7. The molecule has 7 nitrogen and oxygen atoms in total. The SMILES string of the molecule is CCC(C)(C)C1OC(COCC(=O)O)C(OC(C)(C)C)C(O)C1O. The highest BCUT2D eigenvalue weighted by atomic mass is 16.6. The first-order valence-electron chi connectivity index (χ1n) is 8.38. The summed E-state index contributed by atoms with van der Waals surface area (Å²) in [6, 6.07) is 0. The Morgan fingerprint density at radius 2 is 1.71 bits per heavy atom. The minimum absolute atomic E-state index is 0.0346. The van der Waals surface area contributed by atoms with E-state index >= 15 is 0 Å². The van der Waals surface area contributed by atoms with E-state index in [1.54, 1.807) is 0 Å². The molecule has 0 spiro atoms. The molecule has 24 heavy (non-hydrogen) atoms. The second kappa shape index (κ2) is 8.10. The quantitative estimate of drug-likeness (QED) is 0.635. The van der Waals surface area contributed by atoms with Crippen molar-refractivity contribution >= 4 is 5.97 Å². The van der Waals surface area contributed by atoms with Crippen LogP contribution in [0, 0.1) is 5.41 Å². The van der Waals surface area contributed by atoms with E-state index in [9.17, 15) is 15.0 Å². The Morgan fingerprint density at radius 3 is 2.17 bits per heavy atom. The lowest BCUT2D eigenvalue weighted by atomic mass is 9.77. The van der Waals surface area contributed by atoms with Crippen molar-refractivity contribution in [2.75, 3.05) is 13.2 Å². The predicted octanol–water partition coefficient (Wildman–Crippen LogP) is 1.20. The molecule has 0 aromatic heterocycles. The number of hydrogen-bond donors (Lipinski definition) is 3. The van der Waals surface area contributed by atoms with Crippen LogP contribution in [0.25, 0.3) is 0 Å². The highest BCUT2D eigenvalue weighted by molar-refractivity contribution is 5.67. The van der Waals surface area contributed by atoms with Gasteiger partial charge in [-0.1, -0.05) is 20.8 Å². The van der Waals surface area contributed by atoms with E-state index < -0.39 is 48.7 Å². The van der Waals surface area contributed by atoms with Crippen LogP contribution in [0.4, 0.5) is 0 Å². The van der Waals surface area contributed by atoms with Gasteiger partial charge >= 0.3 is 5.97 Å². The first-order valence-corrected chi connectivity index (χ1v) is 8.38. The van der Waals surface area contributed by atoms with Gasteiger partial charge in [0.15, 0.2) is 0 Å². The molecular weight excluding hydrogens is 316 g/mol. The second-order valence-electron chi connectivity index (χ2n) is 8.02. The van der Waals surface area contributed by atoms with Gasteiger partial charge in [0, 0.05) is 0 Å². The summed E-state index contributed by atoms with van der Waals surface area (Å²) in [5.41, 5.74) is -0.926. The molecule has 5 unspecified atom stereocenters. The highest BCUT2D eigenvalue weighted by Gasteiger charge is 2.50. The van der Waals surface area contributed by atoms with Gasteiger partial charge in [-0.25, -0.2) is 4.79 Å². The molecule has 5 atom stereocenters. The molecule has 1 rings (SSSR count). The molecular formula is C17H32O7. The largest absolute Gasteiger partial charge is 0.480 e. The Bertz CT molecular complexity index is 416. The van der Waals surface area contributed by atoms with Crippen molar-refractivity contribution in [3.63, 3.8) is 0 Å². The zero-order chi connectivity index (χ0) is 18.7. The number of carboxylic acid groups (broad SMARTS) is 1. The van der Waals surface area contributed by atoms with Crippen LogP contribution in [0.1, 0.15) is 48.0 Å². The minimum atomic E-state index is -1.15. The minimum Gasteiger partial charge on any atom is -0.480 e. The summed E-state index contributed by atoms with van der Waals surface area (Å²) in [5.74, 6) is -1.08. The summed E-state index contributed by atoms with van der Waals surface area (Å²) >= 11 is 0. The average molecular weight is 348 g/mol. The topological polar surface area (TPSA) is 105 Å². The molecule has 142 valence electrons. The van der Waals surface area contributed by atoms with Crippen LogP contribution >= 0.6 is 0 Å². The number of hydrogen-bond acceptors (Lipinski definition) is 6. The number of aliphatic hydroxyl groups excluding tert-OH is 2. The van der Waals surface area contributed by atoms with Crippen molar-refractivity contribution in [3.8, 4) is 0 Å². The number of ether oxygens (including phenoxy) is 3. The van der Waals surface area contributed by atoms with Crippen LogP contribution in [0.2, 0.25) is 0 Å². The van der Waals surface area contributed by atoms with E-state index in [2.05, 4.69) is 0 Å². The predicted molar refractivity (Wildman–Crippen MR) is 87.8 cm³/mol. The zero-order valence-electron chi connectivity index (χ0n) is 15.5. The maximum atomic E-state index is 10.7. The van der Waals surface area contributed by atoms with E-state index in [1.807, 2.05) is 41.5 Å². The Kier molecular flexibility index (Phi) is 7.19. The smallest absolute Gasteiger partial charge is 0.329 e. The van der Waals surface area contributed by atoms with E-state index in [4.69, 9.17) is 19.3 Å². The van der Waals surface area contributed by atoms with Crippen LogP contribution in [0.3, 0.4) is 0 Å². The molecule has 0 aromatic rings. The van der Waals surface area contributed by atoms with E-state index in [0.717, 1.165) is 6.42 Å². The molecule has 1 fully saturated rings. The van der Waals surface area contributed by atoms with Crippen molar-refractivity contribution in [2.45, 2.75) is 84.1 Å². The molecule has 0 aromatic carbocycles. The van der Waals surface area contributed by atoms with Crippen molar-refractivity contribution in [3.05, 3.63) is 0 Å². The molecule has 1 aliphatic heterocycles. The first-order chi connectivity index (χ1) is 10.9. The highest BCUT2D eigenvalue weighted by Crippen LogP contribution is 2.37. The van der Waals surface area contributed by atoms with Gasteiger partial charge in [0.25, 0.3) is 0 Å². The van der Waals surface area contributed by atoms with Crippen molar-refractivity contribution in [1.82, 2.24) is 0 Å². The summed E-state index contributed by atoms with van der Waals surface area (Å²) in [4.78, 5) is 10.7. The second-order valence-corrected chi connectivity index (χ2v) is 8.02. The molecule has 7 heteroatoms. The van der Waals surface area contributed by atoms with Crippen LogP contribution in [-0.2, 0) is 19.0 Å². The average Bonchev–Trinajstić information content (AvgIpc) is 2.44. The van der Waals surface area contributed by atoms with Gasteiger partial charge in [-0.3, -0.25) is 0 Å². The summed E-state index contributed by atoms with van der Waals surface area (Å²) < 4.78 is 17.0. The van der Waals surface area contributed by atoms with Crippen LogP contribution in [0.15, 0.2) is 0 Å². The van der Waals surface area contributed by atoms with Gasteiger partial charge in [0.05, 0.1) is 18.3 Å². The molecule has 0 amide bonds. The van der Waals surface area contributed by atoms with E-state index in [0.29, 0.717) is 0 Å². The zero-order valence-corrected chi connectivity index (χ0v) is 15.5. The van der Waals surface area contributed by atoms with Crippen molar-refractivity contribution in [2.24, 2.45) is 5.41 Å². The summed E-state index contributed by atoms with van der Waals surface area (Å²) in [5, 5.41) is 29.8. The Hall–Kier alpha value is -0.730. The Balaban J connectivity index is 2.97. The third-order valence-corrected chi connectivity index (χ3v) is 4.36. The Morgan fingerprint density at radius 1 is 1.12 bits per heavy atom. The third kappa shape index (κ3) is 5.67. The van der Waals surface area contributed by atoms with Crippen LogP contribution < -0.4 is 0 Å². The van der Waals surface area contributed by atoms with Gasteiger partial charge in [-0.2, -0.15) is 0 Å². The Labute approximate surface area is 143 Å². The van der Waals surface area contributed by atoms with Crippen molar-refractivity contribution in [1.29, 1.82) is 0 Å². The van der Waals surface area contributed by atoms with Crippen molar-refractivity contribution < 1.29 is 34.3 Å². The maximum Gasteiger partial charge on any atom is 0.329 e. The summed E-state index contributed by atoms with van der Waals surface area (Å²) in [6.45, 7) is 10.9. The number of aliphatic hydroxyl groups is 2. The van der Waals surface area contributed by atoms with Crippen LogP contribution in [-0.4, -0.2) is 70.6 Å². The fourth-order valence-electron chi connectivity index (χ4n) is 2.74. The fourth-order valence-corrected chi connectivity index (χ4v) is 2.74. The number of rotatable bonds is 7. The fraction of sp³-hybridized carbons (Fsp3) is 0.941. The standard InChI is InChI=1S/C17H32O7/c1-7-17(5,6)15-13(21)12(20)14(24-16(2,3)4)10(23-15)8-22-9-11(18)19/h10,12-15,20-21H,7-9H2,1-6H3,(H,18,19).